The van der Waals surface area contributed by atoms with Crippen molar-refractivity contribution in [2.24, 2.45) is 7.05 Å². The average Bonchev–Trinajstić information content (AvgIpc) is 3.53. The summed E-state index contributed by atoms with van der Waals surface area (Å²) < 4.78 is 5.16. The zero-order valence-electron chi connectivity index (χ0n) is 18.3. The van der Waals surface area contributed by atoms with Crippen LogP contribution < -0.4 is 5.32 Å². The minimum absolute atomic E-state index is 0.272. The first-order valence-electron chi connectivity index (χ1n) is 10.9. The standard InChI is InChI=1S/C25H26N6S/c1-3-7-21(19-8-5-4-6-9-19)28-25-29-22-11-10-18(12-24(22)32-25)15-31-17-26-14-23(31)20-13-27-30(2)16-20/h4-6,8-14,16-17,21H,3,7,15H2,1-2H3,(H,28,29)/t21-/m0/s1. The maximum atomic E-state index is 4.84. The minimum Gasteiger partial charge on any atom is -0.355 e. The molecule has 5 rings (SSSR count). The molecule has 0 radical (unpaired) electrons. The number of anilines is 1. The largest absolute Gasteiger partial charge is 0.355 e. The Labute approximate surface area is 191 Å². The average molecular weight is 443 g/mol. The minimum atomic E-state index is 0.272. The molecule has 6 nitrogen and oxygen atoms in total. The van der Waals surface area contributed by atoms with Gasteiger partial charge < -0.3 is 9.88 Å². The van der Waals surface area contributed by atoms with E-state index in [0.29, 0.717) is 0 Å². The summed E-state index contributed by atoms with van der Waals surface area (Å²) >= 11 is 1.72. The molecule has 3 aromatic heterocycles. The van der Waals surface area contributed by atoms with E-state index in [1.165, 1.54) is 15.8 Å². The number of benzene rings is 2. The third kappa shape index (κ3) is 4.29. The van der Waals surface area contributed by atoms with Crippen molar-refractivity contribution < 1.29 is 0 Å². The van der Waals surface area contributed by atoms with Crippen molar-refractivity contribution in [1.82, 2.24) is 24.3 Å². The lowest BCUT2D eigenvalue weighted by atomic mass is 10.0. The lowest BCUT2D eigenvalue weighted by Gasteiger charge is -2.17. The second-order valence-corrected chi connectivity index (χ2v) is 9.06. The number of fused-ring (bicyclic) bond motifs is 1. The highest BCUT2D eigenvalue weighted by atomic mass is 32.1. The Morgan fingerprint density at radius 3 is 2.75 bits per heavy atom. The molecule has 0 aliphatic carbocycles. The predicted octanol–water partition coefficient (Wildman–Crippen LogP) is 5.89. The maximum absolute atomic E-state index is 4.84. The van der Waals surface area contributed by atoms with E-state index in [2.05, 4.69) is 75.4 Å². The van der Waals surface area contributed by atoms with E-state index in [4.69, 9.17) is 4.98 Å². The first-order valence-corrected chi connectivity index (χ1v) is 11.7. The number of imidazole rings is 1. The molecule has 0 bridgehead atoms. The van der Waals surface area contributed by atoms with Gasteiger partial charge in [-0.3, -0.25) is 4.68 Å². The Hall–Kier alpha value is -3.45. The van der Waals surface area contributed by atoms with Crippen molar-refractivity contribution >= 4 is 26.7 Å². The van der Waals surface area contributed by atoms with E-state index < -0.39 is 0 Å². The third-order valence-electron chi connectivity index (χ3n) is 5.60. The van der Waals surface area contributed by atoms with E-state index in [0.717, 1.165) is 41.3 Å². The molecule has 162 valence electrons. The monoisotopic (exact) mass is 442 g/mol. The van der Waals surface area contributed by atoms with Crippen LogP contribution in [0.5, 0.6) is 0 Å². The van der Waals surface area contributed by atoms with Crippen molar-refractivity contribution in [2.75, 3.05) is 5.32 Å². The van der Waals surface area contributed by atoms with Gasteiger partial charge >= 0.3 is 0 Å². The van der Waals surface area contributed by atoms with Gasteiger partial charge in [0, 0.05) is 25.4 Å². The fourth-order valence-corrected chi connectivity index (χ4v) is 4.99. The highest BCUT2D eigenvalue weighted by Gasteiger charge is 2.14. The lowest BCUT2D eigenvalue weighted by Crippen LogP contribution is -2.10. The van der Waals surface area contributed by atoms with Gasteiger partial charge in [-0.15, -0.1) is 0 Å². The van der Waals surface area contributed by atoms with Crippen LogP contribution in [0, 0.1) is 0 Å². The topological polar surface area (TPSA) is 60.6 Å². The molecule has 5 aromatic rings. The molecular formula is C25H26N6S. The van der Waals surface area contributed by atoms with Crippen LogP contribution in [0.4, 0.5) is 5.13 Å². The van der Waals surface area contributed by atoms with Crippen molar-refractivity contribution in [3.8, 4) is 11.3 Å². The van der Waals surface area contributed by atoms with Crippen molar-refractivity contribution in [3.05, 3.63) is 84.6 Å². The number of nitrogens with zero attached hydrogens (tertiary/aromatic N) is 5. The summed E-state index contributed by atoms with van der Waals surface area (Å²) in [5, 5.41) is 8.92. The van der Waals surface area contributed by atoms with Crippen molar-refractivity contribution in [3.63, 3.8) is 0 Å². The van der Waals surface area contributed by atoms with Gasteiger partial charge in [0.1, 0.15) is 0 Å². The van der Waals surface area contributed by atoms with Crippen LogP contribution in [-0.4, -0.2) is 24.3 Å². The fourth-order valence-electron chi connectivity index (χ4n) is 4.01. The smallest absolute Gasteiger partial charge is 0.184 e. The van der Waals surface area contributed by atoms with Crippen LogP contribution in [0.2, 0.25) is 0 Å². The van der Waals surface area contributed by atoms with Crippen LogP contribution in [-0.2, 0) is 13.6 Å². The molecule has 0 aliphatic heterocycles. The molecule has 3 heterocycles. The summed E-state index contributed by atoms with van der Waals surface area (Å²) in [6.07, 6.45) is 9.84. The highest BCUT2D eigenvalue weighted by molar-refractivity contribution is 7.22. The van der Waals surface area contributed by atoms with E-state index in [1.54, 1.807) is 11.3 Å². The number of rotatable bonds is 8. The van der Waals surface area contributed by atoms with Crippen LogP contribution in [0.3, 0.4) is 0 Å². The second-order valence-electron chi connectivity index (χ2n) is 8.03. The first kappa shape index (κ1) is 20.5. The fraction of sp³-hybridized carbons (Fsp3) is 0.240. The Bertz CT molecular complexity index is 1320. The van der Waals surface area contributed by atoms with Gasteiger partial charge in [0.15, 0.2) is 5.13 Å². The molecule has 2 aromatic carbocycles. The van der Waals surface area contributed by atoms with Crippen LogP contribution in [0.1, 0.15) is 36.9 Å². The normalized spacial score (nSPS) is 12.3. The molecule has 0 saturated heterocycles. The van der Waals surface area contributed by atoms with Gasteiger partial charge in [-0.05, 0) is 29.7 Å². The number of thiazole rings is 1. The number of hydrogen-bond acceptors (Lipinski definition) is 5. The molecule has 32 heavy (non-hydrogen) atoms. The van der Waals surface area contributed by atoms with Gasteiger partial charge in [0.25, 0.3) is 0 Å². The number of aromatic nitrogens is 5. The Morgan fingerprint density at radius 1 is 1.09 bits per heavy atom. The zero-order chi connectivity index (χ0) is 21.9. The lowest BCUT2D eigenvalue weighted by molar-refractivity contribution is 0.677. The van der Waals surface area contributed by atoms with E-state index in [-0.39, 0.29) is 6.04 Å². The third-order valence-corrected chi connectivity index (χ3v) is 6.55. The van der Waals surface area contributed by atoms with Crippen LogP contribution in [0.15, 0.2) is 73.4 Å². The molecule has 0 unspecified atom stereocenters. The van der Waals surface area contributed by atoms with Gasteiger partial charge in [-0.25, -0.2) is 9.97 Å². The summed E-state index contributed by atoms with van der Waals surface area (Å²) in [5.74, 6) is 0. The molecule has 0 amide bonds. The molecule has 0 aliphatic rings. The van der Waals surface area contributed by atoms with Gasteiger partial charge in [-0.1, -0.05) is 61.1 Å². The van der Waals surface area contributed by atoms with Crippen molar-refractivity contribution in [2.45, 2.75) is 32.4 Å². The Balaban J connectivity index is 1.37. The number of aryl methyl sites for hydroxylation is 1. The molecule has 0 fully saturated rings. The van der Waals surface area contributed by atoms with E-state index >= 15 is 0 Å². The Kier molecular flexibility index (Phi) is 5.73. The van der Waals surface area contributed by atoms with Crippen molar-refractivity contribution in [1.29, 1.82) is 0 Å². The predicted molar refractivity (Wildman–Crippen MR) is 131 cm³/mol. The zero-order valence-corrected chi connectivity index (χ0v) is 19.1. The summed E-state index contributed by atoms with van der Waals surface area (Å²) in [4.78, 5) is 9.20. The summed E-state index contributed by atoms with van der Waals surface area (Å²) in [5.41, 5.74) is 5.69. The van der Waals surface area contributed by atoms with E-state index in [9.17, 15) is 0 Å². The maximum Gasteiger partial charge on any atom is 0.184 e. The first-order chi connectivity index (χ1) is 15.7. The molecule has 0 saturated carbocycles. The van der Waals surface area contributed by atoms with Crippen LogP contribution in [0.25, 0.3) is 21.5 Å². The number of nitrogens with one attached hydrogen (secondary N) is 1. The van der Waals surface area contributed by atoms with Crippen LogP contribution >= 0.6 is 11.3 Å². The quantitative estimate of drug-likeness (QED) is 0.325. The Morgan fingerprint density at radius 2 is 1.97 bits per heavy atom. The summed E-state index contributed by atoms with van der Waals surface area (Å²) in [6.45, 7) is 2.97. The molecule has 0 spiro atoms. The molecule has 1 atom stereocenters. The summed E-state index contributed by atoms with van der Waals surface area (Å²) in [6, 6.07) is 17.4. The number of hydrogen-bond donors (Lipinski definition) is 1. The molecule has 7 heteroatoms. The summed E-state index contributed by atoms with van der Waals surface area (Å²) in [7, 11) is 1.93. The SMILES string of the molecule is CCC[C@H](Nc1nc2ccc(Cn3cncc3-c3cnn(C)c3)cc2s1)c1ccccc1. The van der Waals surface area contributed by atoms with Gasteiger partial charge in [-0.2, -0.15) is 5.10 Å². The van der Waals surface area contributed by atoms with Gasteiger partial charge in [0.2, 0.25) is 0 Å². The van der Waals surface area contributed by atoms with Gasteiger partial charge in [0.05, 0.1) is 40.7 Å². The second kappa shape index (κ2) is 8.96. The molecule has 1 N–H and O–H groups in total. The highest BCUT2D eigenvalue weighted by Crippen LogP contribution is 2.31. The molecular weight excluding hydrogens is 416 g/mol. The van der Waals surface area contributed by atoms with E-state index in [1.807, 2.05) is 36.6 Å².